The molecule has 0 saturated carbocycles. The molecule has 88 valence electrons. The molecule has 0 atom stereocenters. The second-order valence-corrected chi connectivity index (χ2v) is 5.30. The van der Waals surface area contributed by atoms with Crippen LogP contribution in [0.15, 0.2) is 16.6 Å². The molecule has 0 aliphatic heterocycles. The molecule has 1 N–H and O–H groups in total. The number of benzene rings is 1. The first-order valence-corrected chi connectivity index (χ1v) is 5.47. The van der Waals surface area contributed by atoms with Crippen molar-refractivity contribution in [2.24, 2.45) is 5.41 Å². The third kappa shape index (κ3) is 3.01. The Labute approximate surface area is 101 Å². The number of halogens is 3. The Hall–Kier alpha value is -0.970. The Morgan fingerprint density at radius 3 is 2.31 bits per heavy atom. The van der Waals surface area contributed by atoms with Crippen molar-refractivity contribution in [3.63, 3.8) is 0 Å². The van der Waals surface area contributed by atoms with E-state index in [4.69, 9.17) is 0 Å². The molecule has 0 aromatic heterocycles. The normalized spacial score (nSPS) is 11.4. The lowest BCUT2D eigenvalue weighted by molar-refractivity contribution is -0.123. The number of carbonyl (C=O) groups excluding carboxylic acids is 1. The summed E-state index contributed by atoms with van der Waals surface area (Å²) in [4.78, 5) is 11.6. The van der Waals surface area contributed by atoms with Gasteiger partial charge in [-0.3, -0.25) is 4.79 Å². The van der Waals surface area contributed by atoms with Crippen LogP contribution in [0, 0.1) is 17.0 Å². The van der Waals surface area contributed by atoms with E-state index in [0.717, 1.165) is 12.1 Å². The zero-order valence-corrected chi connectivity index (χ0v) is 10.8. The third-order valence-electron chi connectivity index (χ3n) is 1.94. The van der Waals surface area contributed by atoms with E-state index in [-0.39, 0.29) is 16.1 Å². The van der Waals surface area contributed by atoms with Crippen LogP contribution in [-0.2, 0) is 4.79 Å². The van der Waals surface area contributed by atoms with Crippen molar-refractivity contribution in [3.05, 3.63) is 28.2 Å². The van der Waals surface area contributed by atoms with Crippen LogP contribution in [-0.4, -0.2) is 5.91 Å². The van der Waals surface area contributed by atoms with Gasteiger partial charge in [-0.15, -0.1) is 0 Å². The van der Waals surface area contributed by atoms with Crippen molar-refractivity contribution < 1.29 is 13.6 Å². The number of amides is 1. The van der Waals surface area contributed by atoms with Crippen molar-refractivity contribution in [1.29, 1.82) is 0 Å². The number of anilines is 1. The summed E-state index contributed by atoms with van der Waals surface area (Å²) < 4.78 is 26.5. The lowest BCUT2D eigenvalue weighted by Crippen LogP contribution is -2.28. The molecule has 1 aromatic carbocycles. The zero-order valence-electron chi connectivity index (χ0n) is 9.20. The van der Waals surface area contributed by atoms with E-state index in [1.165, 1.54) is 0 Å². The number of nitrogens with one attached hydrogen (secondary N) is 1. The number of hydrogen-bond acceptors (Lipinski definition) is 1. The molecule has 0 saturated heterocycles. The van der Waals surface area contributed by atoms with Gasteiger partial charge in [-0.1, -0.05) is 20.8 Å². The maximum atomic E-state index is 13.4. The van der Waals surface area contributed by atoms with Gasteiger partial charge in [0.05, 0.1) is 10.2 Å². The maximum Gasteiger partial charge on any atom is 0.229 e. The van der Waals surface area contributed by atoms with Gasteiger partial charge in [0.2, 0.25) is 5.91 Å². The molecule has 16 heavy (non-hydrogen) atoms. The van der Waals surface area contributed by atoms with Crippen molar-refractivity contribution in [2.45, 2.75) is 20.8 Å². The van der Waals surface area contributed by atoms with Crippen LogP contribution in [0.25, 0.3) is 0 Å². The maximum absolute atomic E-state index is 13.4. The summed E-state index contributed by atoms with van der Waals surface area (Å²) in [6, 6.07) is 1.93. The molecule has 0 unspecified atom stereocenters. The molecule has 5 heteroatoms. The molecule has 0 radical (unpaired) electrons. The highest BCUT2D eigenvalue weighted by Gasteiger charge is 2.22. The second-order valence-electron chi connectivity index (χ2n) is 4.45. The van der Waals surface area contributed by atoms with E-state index in [1.807, 2.05) is 0 Å². The third-order valence-corrected chi connectivity index (χ3v) is 2.55. The minimum atomic E-state index is -0.675. The first kappa shape index (κ1) is 13.1. The van der Waals surface area contributed by atoms with Gasteiger partial charge in [0.1, 0.15) is 11.6 Å². The van der Waals surface area contributed by atoms with Crippen LogP contribution < -0.4 is 5.32 Å². The Balaban J connectivity index is 2.99. The van der Waals surface area contributed by atoms with E-state index >= 15 is 0 Å². The first-order valence-electron chi connectivity index (χ1n) is 4.68. The van der Waals surface area contributed by atoms with Crippen LogP contribution in [0.5, 0.6) is 0 Å². The van der Waals surface area contributed by atoms with Crippen LogP contribution in [0.2, 0.25) is 0 Å². The summed E-state index contributed by atoms with van der Waals surface area (Å²) in [5.41, 5.74) is -0.809. The summed E-state index contributed by atoms with van der Waals surface area (Å²) >= 11 is 2.86. The average Bonchev–Trinajstić information content (AvgIpc) is 2.12. The van der Waals surface area contributed by atoms with Gasteiger partial charge in [-0.05, 0) is 22.0 Å². The quantitative estimate of drug-likeness (QED) is 0.785. The van der Waals surface area contributed by atoms with E-state index in [2.05, 4.69) is 21.2 Å². The Kier molecular flexibility index (Phi) is 3.68. The topological polar surface area (TPSA) is 29.1 Å². The predicted molar refractivity (Wildman–Crippen MR) is 62.1 cm³/mol. The van der Waals surface area contributed by atoms with Crippen LogP contribution >= 0.6 is 15.9 Å². The minimum absolute atomic E-state index is 0.0266. The lowest BCUT2D eigenvalue weighted by atomic mass is 9.95. The van der Waals surface area contributed by atoms with Gasteiger partial charge in [0.15, 0.2) is 0 Å². The highest BCUT2D eigenvalue weighted by Crippen LogP contribution is 2.25. The van der Waals surface area contributed by atoms with Gasteiger partial charge < -0.3 is 5.32 Å². The number of rotatable bonds is 1. The molecular weight excluding hydrogens is 280 g/mol. The van der Waals surface area contributed by atoms with E-state index in [0.29, 0.717) is 0 Å². The van der Waals surface area contributed by atoms with Crippen LogP contribution in [0.1, 0.15) is 20.8 Å². The fraction of sp³-hybridized carbons (Fsp3) is 0.364. The molecule has 1 amide bonds. The van der Waals surface area contributed by atoms with Crippen molar-refractivity contribution in [2.75, 3.05) is 5.32 Å². The second kappa shape index (κ2) is 4.49. The Morgan fingerprint density at radius 2 is 1.81 bits per heavy atom. The summed E-state index contributed by atoms with van der Waals surface area (Å²) in [6.07, 6.45) is 0. The molecule has 0 heterocycles. The smallest absolute Gasteiger partial charge is 0.229 e. The highest BCUT2D eigenvalue weighted by molar-refractivity contribution is 9.10. The van der Waals surface area contributed by atoms with E-state index < -0.39 is 17.0 Å². The van der Waals surface area contributed by atoms with Crippen LogP contribution in [0.3, 0.4) is 0 Å². The van der Waals surface area contributed by atoms with Gasteiger partial charge in [-0.25, -0.2) is 8.78 Å². The predicted octanol–water partition coefficient (Wildman–Crippen LogP) is 3.71. The zero-order chi connectivity index (χ0) is 12.5. The molecular formula is C11H12BrF2NO. The first-order chi connectivity index (χ1) is 7.21. The standard InChI is InChI=1S/C11H12BrF2NO/c1-11(2,3)10(16)15-9-5-7(13)6(12)4-8(9)14/h4-5H,1-3H3,(H,15,16). The minimum Gasteiger partial charge on any atom is -0.323 e. The molecule has 0 aliphatic rings. The summed E-state index contributed by atoms with van der Waals surface area (Å²) in [5.74, 6) is -1.66. The fourth-order valence-electron chi connectivity index (χ4n) is 0.928. The van der Waals surface area contributed by atoms with Gasteiger partial charge in [0, 0.05) is 11.5 Å². The summed E-state index contributed by atoms with van der Waals surface area (Å²) in [5, 5.41) is 2.34. The average molecular weight is 292 g/mol. The molecule has 2 nitrogen and oxygen atoms in total. The van der Waals surface area contributed by atoms with Gasteiger partial charge >= 0.3 is 0 Å². The van der Waals surface area contributed by atoms with Crippen molar-refractivity contribution in [1.82, 2.24) is 0 Å². The molecule has 0 aliphatic carbocycles. The largest absolute Gasteiger partial charge is 0.323 e. The SMILES string of the molecule is CC(C)(C)C(=O)Nc1cc(F)c(Br)cc1F. The van der Waals surface area contributed by atoms with Crippen molar-refractivity contribution in [3.8, 4) is 0 Å². The molecule has 0 spiro atoms. The summed E-state index contributed by atoms with van der Waals surface area (Å²) in [7, 11) is 0. The number of carbonyl (C=O) groups is 1. The summed E-state index contributed by atoms with van der Waals surface area (Å²) in [6.45, 7) is 5.07. The highest BCUT2D eigenvalue weighted by atomic mass is 79.9. The van der Waals surface area contributed by atoms with Crippen LogP contribution in [0.4, 0.5) is 14.5 Å². The Bertz CT molecular complexity index is 427. The van der Waals surface area contributed by atoms with E-state index in [9.17, 15) is 13.6 Å². The van der Waals surface area contributed by atoms with Gasteiger partial charge in [0.25, 0.3) is 0 Å². The number of hydrogen-bond donors (Lipinski definition) is 1. The molecule has 0 bridgehead atoms. The van der Waals surface area contributed by atoms with E-state index in [1.54, 1.807) is 20.8 Å². The molecule has 0 fully saturated rings. The molecule has 1 rings (SSSR count). The lowest BCUT2D eigenvalue weighted by Gasteiger charge is -2.18. The van der Waals surface area contributed by atoms with Crippen molar-refractivity contribution >= 4 is 27.5 Å². The van der Waals surface area contributed by atoms with Gasteiger partial charge in [-0.2, -0.15) is 0 Å². The fourth-order valence-corrected chi connectivity index (χ4v) is 1.24. The monoisotopic (exact) mass is 291 g/mol. The Morgan fingerprint density at radius 1 is 1.25 bits per heavy atom. The molecule has 1 aromatic rings.